The third kappa shape index (κ3) is 4.66. The molecule has 0 saturated carbocycles. The molecule has 7 nitrogen and oxygen atoms in total. The number of amides is 1. The van der Waals surface area contributed by atoms with Crippen LogP contribution in [0.4, 0.5) is 18.9 Å². The van der Waals surface area contributed by atoms with Crippen molar-refractivity contribution in [3.8, 4) is 17.1 Å². The Hall–Kier alpha value is -3.53. The molecule has 1 aromatic carbocycles. The number of hydrogen-bond acceptors (Lipinski definition) is 6. The van der Waals surface area contributed by atoms with Gasteiger partial charge in [-0.3, -0.25) is 4.79 Å². The first kappa shape index (κ1) is 20.2. The number of halogens is 3. The molecule has 0 aliphatic heterocycles. The number of anilines is 1. The molecule has 3 rings (SSSR count). The third-order valence-electron chi connectivity index (χ3n) is 3.79. The summed E-state index contributed by atoms with van der Waals surface area (Å²) in [6, 6.07) is 5.08. The number of aromatic nitrogens is 3. The van der Waals surface area contributed by atoms with Crippen LogP contribution in [0.1, 0.15) is 16.9 Å². The van der Waals surface area contributed by atoms with Gasteiger partial charge in [0.15, 0.2) is 0 Å². The maximum atomic E-state index is 14.2. The van der Waals surface area contributed by atoms with Crippen molar-refractivity contribution in [1.82, 2.24) is 15.0 Å². The number of nitrogens with one attached hydrogen (secondary N) is 1. The molecule has 3 aromatic rings. The van der Waals surface area contributed by atoms with Crippen molar-refractivity contribution in [2.45, 2.75) is 6.42 Å². The lowest BCUT2D eigenvalue weighted by molar-refractivity contribution is 0.102. The number of nitrogens with zero attached hydrogens (tertiary/aromatic N) is 3. The molecule has 0 aliphatic rings. The van der Waals surface area contributed by atoms with Crippen LogP contribution in [0.2, 0.25) is 0 Å². The van der Waals surface area contributed by atoms with E-state index < -0.39 is 34.6 Å². The quantitative estimate of drug-likeness (QED) is 0.588. The summed E-state index contributed by atoms with van der Waals surface area (Å²) in [5.74, 6) is -3.62. The van der Waals surface area contributed by atoms with E-state index in [2.05, 4.69) is 20.3 Å². The zero-order valence-electron chi connectivity index (χ0n) is 15.0. The van der Waals surface area contributed by atoms with E-state index in [1.807, 2.05) is 0 Å². The first-order valence-electron chi connectivity index (χ1n) is 8.56. The van der Waals surface area contributed by atoms with Crippen molar-refractivity contribution >= 4 is 11.6 Å². The lowest BCUT2D eigenvalue weighted by Crippen LogP contribution is -2.16. The van der Waals surface area contributed by atoms with Crippen LogP contribution in [0.3, 0.4) is 0 Å². The van der Waals surface area contributed by atoms with Gasteiger partial charge in [-0.15, -0.1) is 0 Å². The van der Waals surface area contributed by atoms with Gasteiger partial charge in [-0.1, -0.05) is 6.07 Å². The fourth-order valence-corrected chi connectivity index (χ4v) is 2.43. The van der Waals surface area contributed by atoms with Crippen molar-refractivity contribution in [2.24, 2.45) is 5.73 Å². The summed E-state index contributed by atoms with van der Waals surface area (Å²) in [6.45, 7) is 0.698. The lowest BCUT2D eigenvalue weighted by Gasteiger charge is -2.11. The Morgan fingerprint density at radius 3 is 2.59 bits per heavy atom. The smallest absolute Gasteiger partial charge is 0.274 e. The molecule has 2 aromatic heterocycles. The number of nitrogens with two attached hydrogens (primary N) is 1. The van der Waals surface area contributed by atoms with Gasteiger partial charge in [-0.25, -0.2) is 23.1 Å². The molecule has 10 heteroatoms. The molecular weight excluding hydrogens is 387 g/mol. The Morgan fingerprint density at radius 1 is 1.10 bits per heavy atom. The van der Waals surface area contributed by atoms with Crippen LogP contribution in [0.15, 0.2) is 42.9 Å². The first-order valence-corrected chi connectivity index (χ1v) is 8.56. The number of benzene rings is 1. The van der Waals surface area contributed by atoms with Crippen molar-refractivity contribution in [3.63, 3.8) is 0 Å². The molecule has 0 fully saturated rings. The van der Waals surface area contributed by atoms with Gasteiger partial charge < -0.3 is 15.8 Å². The van der Waals surface area contributed by atoms with Crippen LogP contribution in [-0.2, 0) is 0 Å². The fourth-order valence-electron chi connectivity index (χ4n) is 2.43. The van der Waals surface area contributed by atoms with E-state index in [0.717, 1.165) is 30.3 Å². The molecule has 0 spiro atoms. The molecule has 0 aliphatic carbocycles. The van der Waals surface area contributed by atoms with Gasteiger partial charge in [0.05, 0.1) is 18.4 Å². The van der Waals surface area contributed by atoms with E-state index in [4.69, 9.17) is 10.5 Å². The Bertz CT molecular complexity index is 1010. The van der Waals surface area contributed by atoms with Gasteiger partial charge in [-0.2, -0.15) is 4.98 Å². The van der Waals surface area contributed by atoms with Gasteiger partial charge in [0.2, 0.25) is 5.88 Å². The molecule has 0 bridgehead atoms. The van der Waals surface area contributed by atoms with Crippen molar-refractivity contribution < 1.29 is 22.7 Å². The highest BCUT2D eigenvalue weighted by molar-refractivity contribution is 6.03. The van der Waals surface area contributed by atoms with E-state index in [9.17, 15) is 18.0 Å². The Morgan fingerprint density at radius 2 is 1.86 bits per heavy atom. The SMILES string of the molecule is NCCCOc1ncncc1NC(=O)c1ccc(F)c(-c2c(F)cccc2F)n1. The summed E-state index contributed by atoms with van der Waals surface area (Å²) >= 11 is 0. The van der Waals surface area contributed by atoms with E-state index in [1.54, 1.807) is 0 Å². The lowest BCUT2D eigenvalue weighted by atomic mass is 10.1. The average molecular weight is 403 g/mol. The summed E-state index contributed by atoms with van der Waals surface area (Å²) in [6.07, 6.45) is 3.13. The summed E-state index contributed by atoms with van der Waals surface area (Å²) < 4.78 is 47.6. The fraction of sp³-hybridized carbons (Fsp3) is 0.158. The largest absolute Gasteiger partial charge is 0.476 e. The molecule has 0 atom stereocenters. The number of carbonyl (C=O) groups excluding carboxylic acids is 1. The predicted octanol–water partition coefficient (Wildman–Crippen LogP) is 2.94. The minimum Gasteiger partial charge on any atom is -0.476 e. The zero-order chi connectivity index (χ0) is 20.8. The summed E-state index contributed by atoms with van der Waals surface area (Å²) in [4.78, 5) is 24.1. The highest BCUT2D eigenvalue weighted by Gasteiger charge is 2.20. The molecule has 150 valence electrons. The van der Waals surface area contributed by atoms with Crippen LogP contribution < -0.4 is 15.8 Å². The third-order valence-corrected chi connectivity index (χ3v) is 3.79. The maximum absolute atomic E-state index is 14.2. The Labute approximate surface area is 163 Å². The van der Waals surface area contributed by atoms with E-state index in [1.165, 1.54) is 12.5 Å². The van der Waals surface area contributed by atoms with Gasteiger partial charge in [-0.05, 0) is 37.2 Å². The van der Waals surface area contributed by atoms with Crippen LogP contribution in [-0.4, -0.2) is 34.0 Å². The minimum absolute atomic E-state index is 0.115. The van der Waals surface area contributed by atoms with Crippen LogP contribution in [0, 0.1) is 17.5 Å². The second kappa shape index (κ2) is 9.11. The van der Waals surface area contributed by atoms with Crippen LogP contribution in [0.5, 0.6) is 5.88 Å². The second-order valence-electron chi connectivity index (χ2n) is 5.81. The van der Waals surface area contributed by atoms with E-state index in [0.29, 0.717) is 13.0 Å². The number of pyridine rings is 1. The second-order valence-corrected chi connectivity index (χ2v) is 5.81. The van der Waals surface area contributed by atoms with E-state index in [-0.39, 0.29) is 23.9 Å². The van der Waals surface area contributed by atoms with Crippen molar-refractivity contribution in [3.05, 3.63) is 66.0 Å². The number of rotatable bonds is 7. The Balaban J connectivity index is 1.88. The number of carbonyl (C=O) groups is 1. The zero-order valence-corrected chi connectivity index (χ0v) is 15.0. The summed E-state index contributed by atoms with van der Waals surface area (Å²) in [5.41, 5.74) is 4.02. The monoisotopic (exact) mass is 403 g/mol. The normalized spacial score (nSPS) is 10.6. The topological polar surface area (TPSA) is 103 Å². The molecule has 3 N–H and O–H groups in total. The number of ether oxygens (including phenoxy) is 1. The molecule has 2 heterocycles. The van der Waals surface area contributed by atoms with Gasteiger partial charge in [0, 0.05) is 0 Å². The van der Waals surface area contributed by atoms with Gasteiger partial charge in [0.1, 0.15) is 40.9 Å². The minimum atomic E-state index is -0.999. The van der Waals surface area contributed by atoms with Gasteiger partial charge in [0.25, 0.3) is 5.91 Å². The van der Waals surface area contributed by atoms with Crippen molar-refractivity contribution in [1.29, 1.82) is 0 Å². The van der Waals surface area contributed by atoms with Crippen LogP contribution >= 0.6 is 0 Å². The molecule has 0 radical (unpaired) electrons. The highest BCUT2D eigenvalue weighted by Crippen LogP contribution is 2.27. The maximum Gasteiger partial charge on any atom is 0.274 e. The van der Waals surface area contributed by atoms with E-state index >= 15 is 0 Å². The van der Waals surface area contributed by atoms with Crippen molar-refractivity contribution in [2.75, 3.05) is 18.5 Å². The number of hydrogen-bond donors (Lipinski definition) is 2. The highest BCUT2D eigenvalue weighted by atomic mass is 19.1. The summed E-state index contributed by atoms with van der Waals surface area (Å²) in [5, 5.41) is 2.49. The predicted molar refractivity (Wildman–Crippen MR) is 98.7 cm³/mol. The Kier molecular flexibility index (Phi) is 6.35. The molecule has 0 saturated heterocycles. The molecule has 29 heavy (non-hydrogen) atoms. The molecule has 1 amide bonds. The first-order chi connectivity index (χ1) is 14.0. The summed E-state index contributed by atoms with van der Waals surface area (Å²) in [7, 11) is 0. The molecule has 0 unspecified atom stereocenters. The molecular formula is C19H16F3N5O2. The average Bonchev–Trinajstić information content (AvgIpc) is 2.70. The van der Waals surface area contributed by atoms with Crippen LogP contribution in [0.25, 0.3) is 11.3 Å². The van der Waals surface area contributed by atoms with Gasteiger partial charge >= 0.3 is 0 Å². The standard InChI is InChI=1S/C19H16F3N5O2/c20-11-3-1-4-12(21)16(11)17-13(22)5-6-14(26-17)18(28)27-15-9-24-10-25-19(15)29-8-2-7-23/h1,3-6,9-10H,2,7-8,23H2,(H,27,28).